The Balaban J connectivity index is 1.31. The van der Waals surface area contributed by atoms with Crippen LogP contribution < -0.4 is 10.9 Å². The van der Waals surface area contributed by atoms with Gasteiger partial charge in [-0.15, -0.1) is 5.10 Å². The number of hydrogen-bond donors (Lipinski definition) is 2. The number of aromatic nitrogens is 7. The number of β-amino-alcohol motifs (C(OH)–C–C–N with tert-alkyl or cyclic N) is 1. The number of amides is 2. The Hall–Kier alpha value is -3.61. The molecule has 2 aliphatic rings. The molecule has 204 valence electrons. The average molecular weight is 526 g/mol. The summed E-state index contributed by atoms with van der Waals surface area (Å²) in [5, 5.41) is 26.4. The van der Waals surface area contributed by atoms with E-state index < -0.39 is 29.6 Å². The number of aliphatic hydroxyl groups excluding tert-OH is 1. The van der Waals surface area contributed by atoms with Crippen LogP contribution >= 0.6 is 0 Å². The van der Waals surface area contributed by atoms with Gasteiger partial charge in [-0.05, 0) is 25.2 Å². The van der Waals surface area contributed by atoms with E-state index in [1.807, 2.05) is 27.0 Å². The van der Waals surface area contributed by atoms with E-state index in [0.717, 1.165) is 18.5 Å². The molecule has 5 rings (SSSR count). The van der Waals surface area contributed by atoms with Crippen LogP contribution in [0.2, 0.25) is 0 Å². The van der Waals surface area contributed by atoms with Crippen molar-refractivity contribution < 1.29 is 14.7 Å². The Bertz CT molecular complexity index is 1410. The monoisotopic (exact) mass is 525 g/mol. The number of carbonyl (C=O) groups is 2. The summed E-state index contributed by atoms with van der Waals surface area (Å²) < 4.78 is 4.56. The highest BCUT2D eigenvalue weighted by atomic mass is 16.3. The minimum atomic E-state index is -0.841. The smallest absolute Gasteiger partial charge is 0.264 e. The normalized spacial score (nSPS) is 21.6. The molecule has 2 amide bonds. The lowest BCUT2D eigenvalue weighted by Crippen LogP contribution is -2.52. The van der Waals surface area contributed by atoms with E-state index in [1.54, 1.807) is 18.7 Å². The molecule has 1 aliphatic heterocycles. The first-order chi connectivity index (χ1) is 17.9. The Kier molecular flexibility index (Phi) is 6.58. The van der Waals surface area contributed by atoms with Gasteiger partial charge in [0.2, 0.25) is 11.8 Å². The highest BCUT2D eigenvalue weighted by Crippen LogP contribution is 2.40. The second-order valence-electron chi connectivity index (χ2n) is 11.7. The zero-order valence-corrected chi connectivity index (χ0v) is 22.4. The van der Waals surface area contributed by atoms with Crippen molar-refractivity contribution in [1.82, 2.24) is 44.5 Å². The summed E-state index contributed by atoms with van der Waals surface area (Å²) >= 11 is 0. The van der Waals surface area contributed by atoms with Gasteiger partial charge < -0.3 is 15.3 Å². The predicted molar refractivity (Wildman–Crippen MR) is 137 cm³/mol. The van der Waals surface area contributed by atoms with Crippen LogP contribution in [0.25, 0.3) is 11.0 Å². The quantitative estimate of drug-likeness (QED) is 0.448. The minimum Gasteiger partial charge on any atom is -0.391 e. The summed E-state index contributed by atoms with van der Waals surface area (Å²) in [6, 6.07) is -1.95. The number of aliphatic hydroxyl groups is 1. The third kappa shape index (κ3) is 4.94. The van der Waals surface area contributed by atoms with Crippen molar-refractivity contribution in [3.05, 3.63) is 34.8 Å². The molecule has 3 aromatic rings. The van der Waals surface area contributed by atoms with Crippen molar-refractivity contribution >= 4 is 22.8 Å². The van der Waals surface area contributed by atoms with Crippen LogP contribution in [0.3, 0.4) is 0 Å². The molecule has 1 aliphatic carbocycles. The summed E-state index contributed by atoms with van der Waals surface area (Å²) in [7, 11) is 1.71. The summed E-state index contributed by atoms with van der Waals surface area (Å²) in [5.41, 5.74) is 0.614. The zero-order valence-electron chi connectivity index (χ0n) is 22.4. The van der Waals surface area contributed by atoms with E-state index in [2.05, 4.69) is 25.7 Å². The maximum atomic E-state index is 13.9. The summed E-state index contributed by atoms with van der Waals surface area (Å²) in [5.74, 6) is -0.262. The maximum absolute atomic E-state index is 13.9. The largest absolute Gasteiger partial charge is 0.391 e. The van der Waals surface area contributed by atoms with Crippen molar-refractivity contribution in [3.8, 4) is 0 Å². The first-order valence-electron chi connectivity index (χ1n) is 13.0. The van der Waals surface area contributed by atoms with Gasteiger partial charge in [0.1, 0.15) is 23.8 Å². The molecule has 0 spiro atoms. The molecule has 1 unspecified atom stereocenters. The van der Waals surface area contributed by atoms with Crippen molar-refractivity contribution in [2.45, 2.75) is 83.6 Å². The summed E-state index contributed by atoms with van der Waals surface area (Å²) in [6.07, 6.45) is 6.21. The van der Waals surface area contributed by atoms with Gasteiger partial charge in [-0.1, -0.05) is 26.0 Å². The molecule has 1 saturated carbocycles. The molecule has 0 radical (unpaired) electrons. The number of aryl methyl sites for hydroxylation is 1. The first kappa shape index (κ1) is 26.0. The molecule has 13 heteroatoms. The third-order valence-electron chi connectivity index (χ3n) is 7.28. The molecule has 4 atom stereocenters. The fourth-order valence-electron chi connectivity index (χ4n) is 5.20. The van der Waals surface area contributed by atoms with E-state index in [4.69, 9.17) is 0 Å². The van der Waals surface area contributed by atoms with E-state index in [9.17, 15) is 19.5 Å². The van der Waals surface area contributed by atoms with Gasteiger partial charge in [-0.2, -0.15) is 5.10 Å². The number of nitrogens with zero attached hydrogens (tertiary/aromatic N) is 8. The van der Waals surface area contributed by atoms with Crippen LogP contribution in [0.4, 0.5) is 0 Å². The number of rotatable bonds is 7. The lowest BCUT2D eigenvalue weighted by atomic mass is 9.85. The number of fused-ring (bicyclic) bond motifs is 1. The Labute approximate surface area is 219 Å². The van der Waals surface area contributed by atoms with Gasteiger partial charge >= 0.3 is 0 Å². The van der Waals surface area contributed by atoms with E-state index in [-0.39, 0.29) is 36.9 Å². The van der Waals surface area contributed by atoms with E-state index >= 15 is 0 Å². The van der Waals surface area contributed by atoms with Crippen molar-refractivity contribution in [2.24, 2.45) is 12.5 Å². The lowest BCUT2D eigenvalue weighted by molar-refractivity contribution is -0.144. The van der Waals surface area contributed by atoms with Gasteiger partial charge in [0.15, 0.2) is 5.65 Å². The van der Waals surface area contributed by atoms with Crippen molar-refractivity contribution in [1.29, 1.82) is 0 Å². The highest BCUT2D eigenvalue weighted by molar-refractivity contribution is 5.90. The topological polar surface area (TPSA) is 153 Å². The molecule has 0 bridgehead atoms. The lowest BCUT2D eigenvalue weighted by Gasteiger charge is -2.34. The maximum Gasteiger partial charge on any atom is 0.264 e. The SMILES string of the molecule is CC(Cn1cnc2c(cnn2C)c1=O)NC(=O)[C@@H]1C[C@@H](O)CN1C(=O)[C@@H](n1cc(C2CC2)nn1)C(C)(C)C. The predicted octanol–water partition coefficient (Wildman–Crippen LogP) is 0.353. The molecule has 4 heterocycles. The van der Waals surface area contributed by atoms with Crippen LogP contribution in [0, 0.1) is 5.41 Å². The Morgan fingerprint density at radius 1 is 1.26 bits per heavy atom. The van der Waals surface area contributed by atoms with Crippen LogP contribution in [0.15, 0.2) is 23.5 Å². The fraction of sp³-hybridized carbons (Fsp3) is 0.640. The molecule has 2 N–H and O–H groups in total. The molecule has 3 aromatic heterocycles. The Morgan fingerprint density at radius 2 is 2.00 bits per heavy atom. The summed E-state index contributed by atoms with van der Waals surface area (Å²) in [4.78, 5) is 45.8. The number of likely N-dealkylation sites (tertiary alicyclic amines) is 1. The highest BCUT2D eigenvalue weighted by Gasteiger charge is 2.45. The first-order valence-corrected chi connectivity index (χ1v) is 13.0. The molecular formula is C25H35N9O4. The van der Waals surface area contributed by atoms with E-state index in [0.29, 0.717) is 17.0 Å². The van der Waals surface area contributed by atoms with Gasteiger partial charge in [0.25, 0.3) is 5.56 Å². The molecule has 13 nitrogen and oxygen atoms in total. The molecule has 38 heavy (non-hydrogen) atoms. The number of carbonyl (C=O) groups excluding carboxylic acids is 2. The Morgan fingerprint density at radius 3 is 2.68 bits per heavy atom. The average Bonchev–Trinajstić information content (AvgIpc) is 3.25. The van der Waals surface area contributed by atoms with Crippen molar-refractivity contribution in [2.75, 3.05) is 6.54 Å². The number of hydrogen-bond acceptors (Lipinski definition) is 8. The van der Waals surface area contributed by atoms with Gasteiger partial charge in [0, 0.05) is 44.7 Å². The van der Waals surface area contributed by atoms with Gasteiger partial charge in [-0.3, -0.25) is 23.6 Å². The second kappa shape index (κ2) is 9.61. The van der Waals surface area contributed by atoms with Gasteiger partial charge in [-0.25, -0.2) is 9.67 Å². The minimum absolute atomic E-state index is 0.0586. The zero-order chi connectivity index (χ0) is 27.4. The standard InChI is InChI=1S/C25H35N9O4/c1-14(10-32-13-26-21-17(23(32)37)9-27-31(21)5)28-22(36)19-8-16(35)11-33(19)24(38)20(25(2,3)4)34-12-18(29-30-34)15-6-7-15/h9,12-16,19-20,35H,6-8,10-11H2,1-5H3,(H,28,36)/t14?,16-,19+,20-/m1/s1. The van der Waals surface area contributed by atoms with Gasteiger partial charge in [0.05, 0.1) is 18.0 Å². The van der Waals surface area contributed by atoms with Crippen LogP contribution in [0.5, 0.6) is 0 Å². The summed E-state index contributed by atoms with van der Waals surface area (Å²) in [6.45, 7) is 7.87. The fourth-order valence-corrected chi connectivity index (χ4v) is 5.20. The molecule has 2 fully saturated rings. The van der Waals surface area contributed by atoms with Crippen LogP contribution in [-0.4, -0.2) is 80.9 Å². The van der Waals surface area contributed by atoms with Crippen molar-refractivity contribution in [3.63, 3.8) is 0 Å². The third-order valence-corrected chi connectivity index (χ3v) is 7.28. The molecule has 0 aromatic carbocycles. The molecule has 1 saturated heterocycles. The molecular weight excluding hydrogens is 490 g/mol. The van der Waals surface area contributed by atoms with Crippen LogP contribution in [-0.2, 0) is 23.2 Å². The second-order valence-corrected chi connectivity index (χ2v) is 11.7. The number of nitrogens with one attached hydrogen (secondary N) is 1. The van der Waals surface area contributed by atoms with E-state index in [1.165, 1.54) is 26.7 Å². The van der Waals surface area contributed by atoms with Crippen LogP contribution in [0.1, 0.15) is 64.6 Å².